The molecule has 2 aliphatic heterocycles. The normalized spacial score (nSPS) is 26.9. The van der Waals surface area contributed by atoms with Crippen LogP contribution in [-0.4, -0.2) is 42.4 Å². The van der Waals surface area contributed by atoms with Crippen molar-refractivity contribution < 1.29 is 9.47 Å². The zero-order chi connectivity index (χ0) is 14.8. The molecule has 4 rings (SSSR count). The molecule has 3 atom stereocenters. The van der Waals surface area contributed by atoms with Crippen molar-refractivity contribution in [2.75, 3.05) is 31.2 Å². The molecule has 1 aromatic heterocycles. The van der Waals surface area contributed by atoms with Crippen LogP contribution in [0, 0.1) is 11.8 Å². The fourth-order valence-electron chi connectivity index (χ4n) is 3.33. The van der Waals surface area contributed by atoms with E-state index in [0.717, 1.165) is 31.3 Å². The molecule has 22 heavy (non-hydrogen) atoms. The van der Waals surface area contributed by atoms with Crippen LogP contribution in [-0.2, 0) is 4.74 Å². The Kier molecular flexibility index (Phi) is 3.64. The molecule has 2 aromatic rings. The number of hydrogen-bond acceptors (Lipinski definition) is 5. The lowest BCUT2D eigenvalue weighted by atomic mass is 9.94. The maximum atomic E-state index is 5.96. The fraction of sp³-hybridized carbons (Fsp3) is 0.412. The summed E-state index contributed by atoms with van der Waals surface area (Å²) in [6.45, 7) is 3.35. The number of ether oxygens (including phenoxy) is 2. The van der Waals surface area contributed by atoms with Gasteiger partial charge in [-0.25, -0.2) is 4.98 Å². The zero-order valence-electron chi connectivity index (χ0n) is 12.3. The smallest absolute Gasteiger partial charge is 0.147 e. The van der Waals surface area contributed by atoms with Gasteiger partial charge in [0.15, 0.2) is 0 Å². The molecule has 0 bridgehead atoms. The quantitative estimate of drug-likeness (QED) is 0.864. The second kappa shape index (κ2) is 5.93. The summed E-state index contributed by atoms with van der Waals surface area (Å²) < 4.78 is 11.9. The van der Waals surface area contributed by atoms with Crippen LogP contribution in [0.2, 0.25) is 0 Å². The minimum absolute atomic E-state index is 0.284. The van der Waals surface area contributed by atoms with E-state index < -0.39 is 0 Å². The number of benzene rings is 1. The van der Waals surface area contributed by atoms with E-state index in [1.165, 1.54) is 0 Å². The first-order valence-electron chi connectivity index (χ1n) is 7.70. The summed E-state index contributed by atoms with van der Waals surface area (Å²) in [6.07, 6.45) is 5.54. The molecule has 5 heteroatoms. The lowest BCUT2D eigenvalue weighted by Crippen LogP contribution is -2.27. The van der Waals surface area contributed by atoms with E-state index in [9.17, 15) is 0 Å². The van der Waals surface area contributed by atoms with Crippen molar-refractivity contribution in [1.82, 2.24) is 9.97 Å². The average Bonchev–Trinajstić information content (AvgIpc) is 3.16. The van der Waals surface area contributed by atoms with Crippen molar-refractivity contribution in [2.24, 2.45) is 11.8 Å². The molecule has 2 aliphatic rings. The van der Waals surface area contributed by atoms with Gasteiger partial charge in [-0.15, -0.1) is 0 Å². The molecule has 0 aliphatic carbocycles. The van der Waals surface area contributed by atoms with E-state index in [0.29, 0.717) is 18.4 Å². The van der Waals surface area contributed by atoms with E-state index in [-0.39, 0.29) is 6.10 Å². The molecule has 0 N–H and O–H groups in total. The molecule has 0 unspecified atom stereocenters. The van der Waals surface area contributed by atoms with Gasteiger partial charge in [-0.05, 0) is 12.1 Å². The molecule has 2 fully saturated rings. The summed E-state index contributed by atoms with van der Waals surface area (Å²) in [6, 6.07) is 9.97. The van der Waals surface area contributed by atoms with Crippen molar-refractivity contribution in [2.45, 2.75) is 6.10 Å². The Hall–Kier alpha value is -2.14. The molecule has 5 nitrogen and oxygen atoms in total. The topological polar surface area (TPSA) is 47.5 Å². The highest BCUT2D eigenvalue weighted by Gasteiger charge is 2.44. The second-order valence-corrected chi connectivity index (χ2v) is 5.89. The van der Waals surface area contributed by atoms with Crippen molar-refractivity contribution in [3.8, 4) is 5.75 Å². The number of hydrogen-bond donors (Lipinski definition) is 0. The molecule has 0 spiro atoms. The first kappa shape index (κ1) is 13.5. The monoisotopic (exact) mass is 297 g/mol. The highest BCUT2D eigenvalue weighted by atomic mass is 16.5. The van der Waals surface area contributed by atoms with Crippen molar-refractivity contribution in [3.63, 3.8) is 0 Å². The molecule has 0 radical (unpaired) electrons. The largest absolute Gasteiger partial charge is 0.493 e. The van der Waals surface area contributed by atoms with Crippen molar-refractivity contribution in [1.29, 1.82) is 0 Å². The van der Waals surface area contributed by atoms with Gasteiger partial charge in [-0.1, -0.05) is 18.2 Å². The van der Waals surface area contributed by atoms with Gasteiger partial charge in [0, 0.05) is 37.3 Å². The number of aromatic nitrogens is 2. The Morgan fingerprint density at radius 3 is 2.91 bits per heavy atom. The lowest BCUT2D eigenvalue weighted by Gasteiger charge is -2.20. The van der Waals surface area contributed by atoms with Crippen molar-refractivity contribution in [3.05, 3.63) is 48.9 Å². The highest BCUT2D eigenvalue weighted by Crippen LogP contribution is 2.35. The van der Waals surface area contributed by atoms with Crippen LogP contribution >= 0.6 is 0 Å². The Bertz CT molecular complexity index is 608. The number of nitrogens with zero attached hydrogens (tertiary/aromatic N) is 3. The van der Waals surface area contributed by atoms with Crippen LogP contribution in [0.1, 0.15) is 0 Å². The minimum atomic E-state index is 0.284. The first-order valence-corrected chi connectivity index (χ1v) is 7.70. The van der Waals surface area contributed by atoms with Gasteiger partial charge >= 0.3 is 0 Å². The first-order chi connectivity index (χ1) is 10.9. The third-order valence-corrected chi connectivity index (χ3v) is 4.52. The molecule has 1 aromatic carbocycles. The van der Waals surface area contributed by atoms with E-state index in [2.05, 4.69) is 14.9 Å². The summed E-state index contributed by atoms with van der Waals surface area (Å²) in [5.41, 5.74) is 0. The summed E-state index contributed by atoms with van der Waals surface area (Å²) in [4.78, 5) is 10.8. The Labute approximate surface area is 129 Å². The summed E-state index contributed by atoms with van der Waals surface area (Å²) in [7, 11) is 0. The van der Waals surface area contributed by atoms with Gasteiger partial charge in [0.25, 0.3) is 0 Å². The SMILES string of the molecule is c1ccc(OC[C@@H]2CO[C@@H]3CN(c4cnccn4)C[C@@H]23)cc1. The third kappa shape index (κ3) is 2.64. The average molecular weight is 297 g/mol. The molecular formula is C17H19N3O2. The maximum Gasteiger partial charge on any atom is 0.147 e. The summed E-state index contributed by atoms with van der Waals surface area (Å²) in [5.74, 6) is 2.80. The van der Waals surface area contributed by atoms with Crippen LogP contribution in [0.5, 0.6) is 5.75 Å². The van der Waals surface area contributed by atoms with Crippen molar-refractivity contribution >= 4 is 5.82 Å². The molecule has 3 heterocycles. The second-order valence-electron chi connectivity index (χ2n) is 5.89. The van der Waals surface area contributed by atoms with E-state index in [1.54, 1.807) is 12.4 Å². The zero-order valence-corrected chi connectivity index (χ0v) is 12.3. The van der Waals surface area contributed by atoms with Gasteiger partial charge in [0.1, 0.15) is 11.6 Å². The fourth-order valence-corrected chi connectivity index (χ4v) is 3.33. The van der Waals surface area contributed by atoms with Crippen LogP contribution in [0.15, 0.2) is 48.9 Å². The third-order valence-electron chi connectivity index (χ3n) is 4.52. The standard InChI is InChI=1S/C17H19N3O2/c1-2-4-14(5-3-1)21-11-13-12-22-16-10-20(9-15(13)16)17-8-18-6-7-19-17/h1-8,13,15-16H,9-12H2/t13-,15+,16-/m1/s1. The number of fused-ring (bicyclic) bond motifs is 1. The van der Waals surface area contributed by atoms with Gasteiger partial charge in [0.05, 0.1) is 25.5 Å². The van der Waals surface area contributed by atoms with E-state index in [4.69, 9.17) is 9.47 Å². The highest BCUT2D eigenvalue weighted by molar-refractivity contribution is 5.38. The van der Waals surface area contributed by atoms with Gasteiger partial charge < -0.3 is 14.4 Å². The number of para-hydroxylation sites is 1. The summed E-state index contributed by atoms with van der Waals surface area (Å²) >= 11 is 0. The van der Waals surface area contributed by atoms with Crippen LogP contribution in [0.4, 0.5) is 5.82 Å². The molecule has 114 valence electrons. The van der Waals surface area contributed by atoms with Gasteiger partial charge in [-0.2, -0.15) is 0 Å². The molecule has 2 saturated heterocycles. The van der Waals surface area contributed by atoms with Gasteiger partial charge in [0.2, 0.25) is 0 Å². The lowest BCUT2D eigenvalue weighted by molar-refractivity contribution is 0.108. The molecule has 0 amide bonds. The van der Waals surface area contributed by atoms with Crippen LogP contribution in [0.25, 0.3) is 0 Å². The molecular weight excluding hydrogens is 278 g/mol. The Balaban J connectivity index is 1.38. The predicted molar refractivity (Wildman–Crippen MR) is 82.9 cm³/mol. The van der Waals surface area contributed by atoms with Crippen LogP contribution < -0.4 is 9.64 Å². The van der Waals surface area contributed by atoms with Crippen LogP contribution in [0.3, 0.4) is 0 Å². The van der Waals surface area contributed by atoms with E-state index in [1.807, 2.05) is 36.5 Å². The minimum Gasteiger partial charge on any atom is -0.493 e. The van der Waals surface area contributed by atoms with E-state index >= 15 is 0 Å². The Morgan fingerprint density at radius 1 is 1.18 bits per heavy atom. The molecule has 0 saturated carbocycles. The number of anilines is 1. The Morgan fingerprint density at radius 2 is 2.09 bits per heavy atom. The number of rotatable bonds is 4. The summed E-state index contributed by atoms with van der Waals surface area (Å²) in [5, 5.41) is 0. The predicted octanol–water partition coefficient (Wildman–Crippen LogP) is 2.01. The van der Waals surface area contributed by atoms with Gasteiger partial charge in [-0.3, -0.25) is 4.98 Å². The maximum absolute atomic E-state index is 5.96.